The maximum Gasteiger partial charge on any atom is 0.226 e. The first-order chi connectivity index (χ1) is 14.1. The van der Waals surface area contributed by atoms with Crippen LogP contribution in [0.25, 0.3) is 0 Å². The molecule has 0 atom stereocenters. The first-order valence-corrected chi connectivity index (χ1v) is 10.9. The van der Waals surface area contributed by atoms with Crippen molar-refractivity contribution in [2.45, 2.75) is 25.9 Å². The summed E-state index contributed by atoms with van der Waals surface area (Å²) in [6.45, 7) is 6.07. The number of halogens is 2. The number of amides is 1. The van der Waals surface area contributed by atoms with E-state index in [1.54, 1.807) is 12.3 Å². The highest BCUT2D eigenvalue weighted by Gasteiger charge is 2.34. The van der Waals surface area contributed by atoms with E-state index in [1.807, 2.05) is 23.2 Å². The molecule has 6 nitrogen and oxygen atoms in total. The summed E-state index contributed by atoms with van der Waals surface area (Å²) >= 11 is 12.4. The second-order valence-electron chi connectivity index (χ2n) is 7.70. The molecule has 0 bridgehead atoms. The summed E-state index contributed by atoms with van der Waals surface area (Å²) in [5, 5.41) is 1.25. The first-order valence-electron chi connectivity index (χ1n) is 10.1. The molecule has 1 aromatic heterocycles. The number of morpholine rings is 1. The van der Waals surface area contributed by atoms with Gasteiger partial charge in [-0.1, -0.05) is 29.3 Å². The summed E-state index contributed by atoms with van der Waals surface area (Å²) in [6, 6.07) is 5.52. The highest BCUT2D eigenvalue weighted by atomic mass is 35.5. The molecule has 1 saturated heterocycles. The number of carbonyl (C=O) groups excluding carboxylic acids is 1. The topological polar surface area (TPSA) is 50.6 Å². The number of hydrogen-bond acceptors (Lipinski definition) is 4. The van der Waals surface area contributed by atoms with Crippen molar-refractivity contribution in [3.8, 4) is 0 Å². The third-order valence-corrected chi connectivity index (χ3v) is 6.10. The fraction of sp³-hybridized carbons (Fsp3) is 0.524. The molecule has 0 N–H and O–H groups in total. The third kappa shape index (κ3) is 5.51. The van der Waals surface area contributed by atoms with Gasteiger partial charge in [0, 0.05) is 54.5 Å². The molecule has 2 heterocycles. The molecule has 29 heavy (non-hydrogen) atoms. The van der Waals surface area contributed by atoms with Gasteiger partial charge < -0.3 is 14.2 Å². The molecule has 1 amide bonds. The normalized spacial score (nSPS) is 17.4. The van der Waals surface area contributed by atoms with Gasteiger partial charge in [-0.05, 0) is 30.5 Å². The largest absolute Gasteiger partial charge is 0.379 e. The summed E-state index contributed by atoms with van der Waals surface area (Å²) in [7, 11) is 0. The van der Waals surface area contributed by atoms with Crippen LogP contribution in [-0.4, -0.2) is 64.7 Å². The van der Waals surface area contributed by atoms with E-state index >= 15 is 0 Å². The number of carbonyl (C=O) groups is 1. The van der Waals surface area contributed by atoms with E-state index in [-0.39, 0.29) is 11.8 Å². The van der Waals surface area contributed by atoms with Crippen LogP contribution in [0.2, 0.25) is 10.0 Å². The Kier molecular flexibility index (Phi) is 6.75. The second-order valence-corrected chi connectivity index (χ2v) is 8.54. The van der Waals surface area contributed by atoms with E-state index in [9.17, 15) is 4.79 Å². The van der Waals surface area contributed by atoms with Crippen molar-refractivity contribution < 1.29 is 9.53 Å². The Balaban J connectivity index is 1.44. The highest BCUT2D eigenvalue weighted by molar-refractivity contribution is 6.35. The molecule has 1 aromatic carbocycles. The van der Waals surface area contributed by atoms with Gasteiger partial charge in [-0.3, -0.25) is 9.69 Å². The Bertz CT molecular complexity index is 847. The van der Waals surface area contributed by atoms with Gasteiger partial charge in [-0.2, -0.15) is 0 Å². The minimum absolute atomic E-state index is 0.189. The molecule has 8 heteroatoms. The van der Waals surface area contributed by atoms with Gasteiger partial charge in [0.2, 0.25) is 5.91 Å². The van der Waals surface area contributed by atoms with Crippen LogP contribution in [0.15, 0.2) is 30.6 Å². The van der Waals surface area contributed by atoms with Gasteiger partial charge >= 0.3 is 0 Å². The SMILES string of the molecule is O=C(C1CC1)N(CCN1CCOCC1)Cc1nccn1Cc1ccc(Cl)cc1Cl. The van der Waals surface area contributed by atoms with Gasteiger partial charge in [0.1, 0.15) is 5.82 Å². The Morgan fingerprint density at radius 2 is 2.03 bits per heavy atom. The molecular weight excluding hydrogens is 411 g/mol. The van der Waals surface area contributed by atoms with Crippen molar-refractivity contribution in [1.82, 2.24) is 19.4 Å². The van der Waals surface area contributed by atoms with E-state index in [0.29, 0.717) is 29.7 Å². The van der Waals surface area contributed by atoms with E-state index in [2.05, 4.69) is 14.5 Å². The van der Waals surface area contributed by atoms with E-state index < -0.39 is 0 Å². The number of nitrogens with zero attached hydrogens (tertiary/aromatic N) is 4. The molecule has 1 aliphatic carbocycles. The van der Waals surface area contributed by atoms with Gasteiger partial charge in [0.15, 0.2) is 0 Å². The van der Waals surface area contributed by atoms with Gasteiger partial charge in [0.25, 0.3) is 0 Å². The van der Waals surface area contributed by atoms with Crippen molar-refractivity contribution in [2.75, 3.05) is 39.4 Å². The number of rotatable bonds is 8. The van der Waals surface area contributed by atoms with Gasteiger partial charge in [-0.15, -0.1) is 0 Å². The Labute approximate surface area is 181 Å². The van der Waals surface area contributed by atoms with E-state index in [4.69, 9.17) is 27.9 Å². The minimum atomic E-state index is 0.189. The zero-order valence-corrected chi connectivity index (χ0v) is 17.9. The Morgan fingerprint density at radius 1 is 1.24 bits per heavy atom. The highest BCUT2D eigenvalue weighted by Crippen LogP contribution is 2.31. The van der Waals surface area contributed by atoms with Crippen LogP contribution >= 0.6 is 23.2 Å². The van der Waals surface area contributed by atoms with Crippen LogP contribution in [0.3, 0.4) is 0 Å². The van der Waals surface area contributed by atoms with E-state index in [0.717, 1.165) is 57.1 Å². The maximum absolute atomic E-state index is 12.9. The zero-order valence-electron chi connectivity index (χ0n) is 16.4. The maximum atomic E-state index is 12.9. The number of benzene rings is 1. The van der Waals surface area contributed by atoms with Crippen molar-refractivity contribution in [3.63, 3.8) is 0 Å². The van der Waals surface area contributed by atoms with Crippen LogP contribution in [-0.2, 0) is 22.6 Å². The summed E-state index contributed by atoms with van der Waals surface area (Å²) < 4.78 is 7.47. The van der Waals surface area contributed by atoms with Crippen molar-refractivity contribution in [1.29, 1.82) is 0 Å². The molecule has 1 saturated carbocycles. The predicted molar refractivity (Wildman–Crippen MR) is 113 cm³/mol. The third-order valence-electron chi connectivity index (χ3n) is 5.52. The summed E-state index contributed by atoms with van der Waals surface area (Å²) in [6.07, 6.45) is 5.71. The molecule has 0 spiro atoms. The average Bonchev–Trinajstić information content (AvgIpc) is 3.48. The fourth-order valence-electron chi connectivity index (χ4n) is 3.58. The number of aromatic nitrogens is 2. The molecule has 1 aliphatic heterocycles. The summed E-state index contributed by atoms with van der Waals surface area (Å²) in [5.41, 5.74) is 0.976. The Morgan fingerprint density at radius 3 is 2.76 bits per heavy atom. The fourth-order valence-corrected chi connectivity index (χ4v) is 4.05. The molecule has 2 fully saturated rings. The standard InChI is InChI=1S/C21H26Cl2N4O2/c22-18-4-3-17(19(23)13-18)14-26-6-5-24-20(26)15-27(21(28)16-1-2-16)8-7-25-9-11-29-12-10-25/h3-6,13,16H,1-2,7-12,14-15H2. The number of ether oxygens (including phenoxy) is 1. The van der Waals surface area contributed by atoms with Crippen LogP contribution in [0.5, 0.6) is 0 Å². The lowest BCUT2D eigenvalue weighted by atomic mass is 10.2. The van der Waals surface area contributed by atoms with Crippen LogP contribution in [0.4, 0.5) is 0 Å². The number of hydrogen-bond donors (Lipinski definition) is 0. The molecule has 0 radical (unpaired) electrons. The summed E-state index contributed by atoms with van der Waals surface area (Å²) in [4.78, 5) is 21.7. The molecular formula is C21H26Cl2N4O2. The van der Waals surface area contributed by atoms with Crippen molar-refractivity contribution in [2.24, 2.45) is 5.92 Å². The quantitative estimate of drug-likeness (QED) is 0.636. The van der Waals surface area contributed by atoms with Crippen LogP contribution in [0.1, 0.15) is 24.2 Å². The smallest absolute Gasteiger partial charge is 0.226 e. The zero-order chi connectivity index (χ0) is 20.2. The van der Waals surface area contributed by atoms with Crippen LogP contribution < -0.4 is 0 Å². The monoisotopic (exact) mass is 436 g/mol. The first kappa shape index (κ1) is 20.7. The number of imidazole rings is 1. The second kappa shape index (κ2) is 9.47. The average molecular weight is 437 g/mol. The molecule has 2 aromatic rings. The van der Waals surface area contributed by atoms with Gasteiger partial charge in [0.05, 0.1) is 26.3 Å². The van der Waals surface area contributed by atoms with Crippen molar-refractivity contribution in [3.05, 3.63) is 52.0 Å². The van der Waals surface area contributed by atoms with E-state index in [1.165, 1.54) is 0 Å². The molecule has 2 aliphatic rings. The predicted octanol–water partition coefficient (Wildman–Crippen LogP) is 3.31. The molecule has 4 rings (SSSR count). The lowest BCUT2D eigenvalue weighted by molar-refractivity contribution is -0.133. The molecule has 156 valence electrons. The Hall–Kier alpha value is -1.60. The lowest BCUT2D eigenvalue weighted by Crippen LogP contribution is -2.43. The van der Waals surface area contributed by atoms with Crippen molar-refractivity contribution >= 4 is 29.1 Å². The lowest BCUT2D eigenvalue weighted by Gasteiger charge is -2.30. The van der Waals surface area contributed by atoms with Gasteiger partial charge in [-0.25, -0.2) is 4.98 Å². The minimum Gasteiger partial charge on any atom is -0.379 e. The van der Waals surface area contributed by atoms with Crippen LogP contribution in [0, 0.1) is 5.92 Å². The summed E-state index contributed by atoms with van der Waals surface area (Å²) in [5.74, 6) is 1.30. The molecule has 0 unspecified atom stereocenters.